The molecule has 3 aromatic carbocycles. The minimum atomic E-state index is -0.815. The van der Waals surface area contributed by atoms with Crippen LogP contribution in [-0.4, -0.2) is 26.7 Å². The molecule has 1 unspecified atom stereocenters. The summed E-state index contributed by atoms with van der Waals surface area (Å²) in [7, 11) is 0. The minimum absolute atomic E-state index is 0.0299. The van der Waals surface area contributed by atoms with Crippen molar-refractivity contribution in [1.82, 2.24) is 9.88 Å². The first-order valence-corrected chi connectivity index (χ1v) is 11.5. The Morgan fingerprint density at radius 1 is 1.03 bits per heavy atom. The summed E-state index contributed by atoms with van der Waals surface area (Å²) in [6.45, 7) is 1.97. The van der Waals surface area contributed by atoms with Crippen molar-refractivity contribution in [2.45, 2.75) is 19.5 Å². The number of amides is 1. The molecule has 2 heterocycles. The lowest BCUT2D eigenvalue weighted by molar-refractivity contribution is -0.140. The van der Waals surface area contributed by atoms with Gasteiger partial charge in [0.1, 0.15) is 11.6 Å². The third-order valence-electron chi connectivity index (χ3n) is 6.14. The molecule has 1 saturated heterocycles. The predicted octanol–water partition coefficient (Wildman–Crippen LogP) is 6.00. The van der Waals surface area contributed by atoms with E-state index in [4.69, 9.17) is 0 Å². The van der Waals surface area contributed by atoms with E-state index in [0.29, 0.717) is 11.1 Å². The van der Waals surface area contributed by atoms with Gasteiger partial charge in [-0.05, 0) is 42.8 Å². The van der Waals surface area contributed by atoms with Crippen LogP contribution in [0.15, 0.2) is 82.8 Å². The van der Waals surface area contributed by atoms with Gasteiger partial charge in [0.15, 0.2) is 0 Å². The number of nitrogens with one attached hydrogen (secondary N) is 1. The maximum absolute atomic E-state index is 13.5. The Kier molecular flexibility index (Phi) is 5.57. The number of aryl methyl sites for hydroxylation is 1. The second-order valence-electron chi connectivity index (χ2n) is 8.27. The van der Waals surface area contributed by atoms with Gasteiger partial charge in [-0.15, -0.1) is 0 Å². The molecule has 0 bridgehead atoms. The van der Waals surface area contributed by atoms with E-state index >= 15 is 0 Å². The fourth-order valence-electron chi connectivity index (χ4n) is 4.54. The van der Waals surface area contributed by atoms with Crippen LogP contribution in [0.3, 0.4) is 0 Å². The van der Waals surface area contributed by atoms with Crippen molar-refractivity contribution in [3.8, 4) is 0 Å². The molecule has 4 aromatic rings. The molecule has 1 atom stereocenters. The maximum Gasteiger partial charge on any atom is 0.295 e. The molecule has 0 saturated carbocycles. The molecule has 5 rings (SSSR count). The van der Waals surface area contributed by atoms with Crippen LogP contribution in [0.25, 0.3) is 16.7 Å². The van der Waals surface area contributed by atoms with Crippen LogP contribution in [0.2, 0.25) is 0 Å². The van der Waals surface area contributed by atoms with Crippen molar-refractivity contribution >= 4 is 44.3 Å². The zero-order valence-corrected chi connectivity index (χ0v) is 19.8. The Morgan fingerprint density at radius 2 is 1.71 bits per heavy atom. The van der Waals surface area contributed by atoms with E-state index in [0.717, 1.165) is 26.6 Å². The zero-order valence-electron chi connectivity index (χ0n) is 18.2. The number of halogens is 2. The van der Waals surface area contributed by atoms with E-state index < -0.39 is 17.7 Å². The van der Waals surface area contributed by atoms with Gasteiger partial charge in [0.2, 0.25) is 0 Å². The molecular weight excluding hydrogens is 499 g/mol. The first kappa shape index (κ1) is 22.1. The Hall–Kier alpha value is -3.71. The Bertz CT molecular complexity index is 1460. The second kappa shape index (κ2) is 8.57. The van der Waals surface area contributed by atoms with E-state index in [1.165, 1.54) is 17.0 Å². The molecule has 5 nitrogen and oxygen atoms in total. The smallest absolute Gasteiger partial charge is 0.295 e. The van der Waals surface area contributed by atoms with Crippen LogP contribution in [-0.2, 0) is 16.1 Å². The van der Waals surface area contributed by atoms with Crippen LogP contribution in [0.5, 0.6) is 0 Å². The number of carbonyl (C=O) groups is 2. The number of hydrogen-bond acceptors (Lipinski definition) is 3. The van der Waals surface area contributed by atoms with Gasteiger partial charge in [-0.2, -0.15) is 0 Å². The van der Waals surface area contributed by atoms with Gasteiger partial charge in [0, 0.05) is 38.7 Å². The quantitative estimate of drug-likeness (QED) is 0.197. The van der Waals surface area contributed by atoms with Crippen molar-refractivity contribution in [3.63, 3.8) is 0 Å². The number of hydrogen-bond donors (Lipinski definition) is 2. The lowest BCUT2D eigenvalue weighted by atomic mass is 9.93. The molecule has 1 aliphatic rings. The number of nitrogens with zero attached hydrogens (tertiary/aromatic N) is 1. The highest BCUT2D eigenvalue weighted by Gasteiger charge is 2.47. The highest BCUT2D eigenvalue weighted by Crippen LogP contribution is 2.44. The largest absolute Gasteiger partial charge is 0.507 e. The molecule has 2 N–H and O–H groups in total. The van der Waals surface area contributed by atoms with Crippen LogP contribution < -0.4 is 0 Å². The second-order valence-corrected chi connectivity index (χ2v) is 9.19. The van der Waals surface area contributed by atoms with E-state index in [9.17, 15) is 19.1 Å². The Morgan fingerprint density at radius 3 is 2.41 bits per heavy atom. The highest BCUT2D eigenvalue weighted by atomic mass is 79.9. The molecule has 1 amide bonds. The first-order chi connectivity index (χ1) is 16.3. The van der Waals surface area contributed by atoms with Gasteiger partial charge in [0.25, 0.3) is 11.7 Å². The number of carbonyl (C=O) groups excluding carboxylic acids is 2. The van der Waals surface area contributed by atoms with Gasteiger partial charge in [0.05, 0.1) is 11.6 Å². The van der Waals surface area contributed by atoms with Gasteiger partial charge < -0.3 is 15.0 Å². The summed E-state index contributed by atoms with van der Waals surface area (Å²) >= 11 is 3.37. The minimum Gasteiger partial charge on any atom is -0.507 e. The van der Waals surface area contributed by atoms with Crippen molar-refractivity contribution in [3.05, 3.63) is 111 Å². The monoisotopic (exact) mass is 518 g/mol. The van der Waals surface area contributed by atoms with Crippen LogP contribution in [0.1, 0.15) is 28.4 Å². The van der Waals surface area contributed by atoms with Crippen LogP contribution in [0, 0.1) is 12.7 Å². The molecular formula is C27H20BrFN2O3. The van der Waals surface area contributed by atoms with Gasteiger partial charge >= 0.3 is 0 Å². The molecule has 0 radical (unpaired) electrons. The number of aromatic nitrogens is 1. The molecule has 0 aliphatic carbocycles. The van der Waals surface area contributed by atoms with E-state index in [-0.39, 0.29) is 23.7 Å². The number of para-hydroxylation sites is 1. The lowest BCUT2D eigenvalue weighted by Crippen LogP contribution is -2.29. The zero-order chi connectivity index (χ0) is 24.0. The molecule has 1 aromatic heterocycles. The van der Waals surface area contributed by atoms with Crippen molar-refractivity contribution < 1.29 is 19.1 Å². The van der Waals surface area contributed by atoms with Gasteiger partial charge in [-0.3, -0.25) is 9.59 Å². The number of rotatable bonds is 4. The molecule has 1 aliphatic heterocycles. The SMILES string of the molecule is Cc1[nH]c2ccccc2c1C1/C(=C(\O)c2ccc(Br)cc2)C(=O)C(=O)N1Cc1ccc(F)cc1. The number of aromatic amines is 1. The summed E-state index contributed by atoms with van der Waals surface area (Å²) in [5, 5.41) is 12.1. The number of aliphatic hydroxyl groups is 1. The third kappa shape index (κ3) is 3.72. The number of H-pyrrole nitrogens is 1. The van der Waals surface area contributed by atoms with E-state index in [2.05, 4.69) is 20.9 Å². The summed E-state index contributed by atoms with van der Waals surface area (Å²) in [5.74, 6) is -2.08. The molecule has 0 spiro atoms. The highest BCUT2D eigenvalue weighted by molar-refractivity contribution is 9.10. The number of benzene rings is 3. The summed E-state index contributed by atoms with van der Waals surface area (Å²) < 4.78 is 14.3. The number of Topliss-reactive ketones (excluding diaryl/α,β-unsaturated/α-hetero) is 1. The fraction of sp³-hybridized carbons (Fsp3) is 0.111. The normalized spacial score (nSPS) is 17.6. The summed E-state index contributed by atoms with van der Waals surface area (Å²) in [6.07, 6.45) is 0. The number of fused-ring (bicyclic) bond motifs is 1. The number of likely N-dealkylation sites (tertiary alicyclic amines) is 1. The fourth-order valence-corrected chi connectivity index (χ4v) is 4.81. The van der Waals surface area contributed by atoms with Crippen LogP contribution in [0.4, 0.5) is 4.39 Å². The average Bonchev–Trinajstić information content (AvgIpc) is 3.28. The first-order valence-electron chi connectivity index (χ1n) is 10.7. The third-order valence-corrected chi connectivity index (χ3v) is 6.67. The lowest BCUT2D eigenvalue weighted by Gasteiger charge is -2.26. The topological polar surface area (TPSA) is 73.4 Å². The predicted molar refractivity (Wildman–Crippen MR) is 131 cm³/mol. The summed E-state index contributed by atoms with van der Waals surface area (Å²) in [5.41, 5.74) is 3.54. The Balaban J connectivity index is 1.73. The van der Waals surface area contributed by atoms with Gasteiger partial charge in [-0.1, -0.05) is 58.4 Å². The molecule has 1 fully saturated rings. The standard InChI is InChI=1S/C27H20BrFN2O3/c1-15-22(20-4-2-3-5-21(20)30-15)24-23(25(32)17-8-10-18(28)11-9-17)26(33)27(34)31(24)14-16-6-12-19(29)13-7-16/h2-13,24,30,32H,14H2,1H3/b25-23+. The molecule has 34 heavy (non-hydrogen) atoms. The summed E-state index contributed by atoms with van der Waals surface area (Å²) in [4.78, 5) is 31.3. The van der Waals surface area contributed by atoms with Crippen LogP contribution >= 0.6 is 15.9 Å². The molecule has 7 heteroatoms. The maximum atomic E-state index is 13.5. The number of aliphatic hydroxyl groups excluding tert-OH is 1. The van der Waals surface area contributed by atoms with Crippen molar-refractivity contribution in [2.75, 3.05) is 0 Å². The Labute approximate surface area is 203 Å². The average molecular weight is 519 g/mol. The van der Waals surface area contributed by atoms with E-state index in [1.807, 2.05) is 31.2 Å². The van der Waals surface area contributed by atoms with E-state index in [1.54, 1.807) is 36.4 Å². The number of ketones is 1. The molecule has 170 valence electrons. The summed E-state index contributed by atoms with van der Waals surface area (Å²) in [6, 6.07) is 19.5. The van der Waals surface area contributed by atoms with Crippen molar-refractivity contribution in [2.24, 2.45) is 0 Å². The van der Waals surface area contributed by atoms with Gasteiger partial charge in [-0.25, -0.2) is 4.39 Å². The van der Waals surface area contributed by atoms with Crippen molar-refractivity contribution in [1.29, 1.82) is 0 Å².